The molecule has 1 heterocycles. The van der Waals surface area contributed by atoms with E-state index in [0.717, 1.165) is 35.0 Å². The second-order valence-electron chi connectivity index (χ2n) is 6.30. The molecule has 1 rings (SSSR count). The highest BCUT2D eigenvalue weighted by atomic mass is 32.2. The van der Waals surface area contributed by atoms with Gasteiger partial charge in [-0.3, -0.25) is 9.59 Å². The average Bonchev–Trinajstić information content (AvgIpc) is 3.01. The number of rotatable bonds is 15. The number of hydrogen-bond donors (Lipinski definition) is 2. The molecule has 0 spiro atoms. The van der Waals surface area contributed by atoms with Crippen molar-refractivity contribution in [1.82, 2.24) is 0 Å². The Labute approximate surface area is 159 Å². The van der Waals surface area contributed by atoms with Crippen molar-refractivity contribution in [2.45, 2.75) is 76.4 Å². The maximum absolute atomic E-state index is 11.5. The quantitative estimate of drug-likeness (QED) is 0.375. The number of thiophene rings is 1. The Bertz CT molecular complexity index is 513. The molecule has 0 saturated carbocycles. The highest BCUT2D eigenvalue weighted by molar-refractivity contribution is 8.00. The minimum Gasteiger partial charge on any atom is -0.481 e. The molecule has 1 aromatic rings. The van der Waals surface area contributed by atoms with E-state index in [2.05, 4.69) is 6.92 Å². The first kappa shape index (κ1) is 22.0. The molecule has 6 heteroatoms. The minimum absolute atomic E-state index is 0.190. The molecule has 1 atom stereocenters. The second kappa shape index (κ2) is 13.2. The van der Waals surface area contributed by atoms with Crippen molar-refractivity contribution in [2.75, 3.05) is 5.75 Å². The maximum Gasteiger partial charge on any atom is 0.321 e. The summed E-state index contributed by atoms with van der Waals surface area (Å²) < 4.78 is 0. The number of carbonyl (C=O) groups is 2. The van der Waals surface area contributed by atoms with Gasteiger partial charge in [-0.15, -0.1) is 23.1 Å². The van der Waals surface area contributed by atoms with Crippen molar-refractivity contribution in [3.63, 3.8) is 0 Å². The van der Waals surface area contributed by atoms with E-state index in [1.807, 2.05) is 11.4 Å². The zero-order valence-corrected chi connectivity index (χ0v) is 16.7. The van der Waals surface area contributed by atoms with Crippen LogP contribution in [0.5, 0.6) is 0 Å². The van der Waals surface area contributed by atoms with Gasteiger partial charge in [-0.2, -0.15) is 0 Å². The number of aliphatic carboxylic acids is 2. The Balaban J connectivity index is 2.34. The monoisotopic (exact) mass is 386 g/mol. The number of carboxylic acid groups (broad SMARTS) is 2. The van der Waals surface area contributed by atoms with Crippen LogP contribution in [0.15, 0.2) is 11.4 Å². The van der Waals surface area contributed by atoms with E-state index in [0.29, 0.717) is 0 Å². The van der Waals surface area contributed by atoms with Crippen LogP contribution in [0.4, 0.5) is 0 Å². The maximum atomic E-state index is 11.5. The molecule has 0 fully saturated rings. The van der Waals surface area contributed by atoms with Crippen molar-refractivity contribution in [3.8, 4) is 0 Å². The SMILES string of the molecule is CCCCCCCCCCCc1sccc1C(SCC(=O)O)C(=O)O. The van der Waals surface area contributed by atoms with Crippen molar-refractivity contribution >= 4 is 35.0 Å². The first-order chi connectivity index (χ1) is 12.1. The summed E-state index contributed by atoms with van der Waals surface area (Å²) in [5.74, 6) is -2.13. The lowest BCUT2D eigenvalue weighted by molar-refractivity contribution is -0.136. The lowest BCUT2D eigenvalue weighted by atomic mass is 10.0. The van der Waals surface area contributed by atoms with Gasteiger partial charge in [0.05, 0.1) is 5.75 Å². The highest BCUT2D eigenvalue weighted by Crippen LogP contribution is 2.35. The van der Waals surface area contributed by atoms with E-state index in [-0.39, 0.29) is 5.75 Å². The fourth-order valence-electron chi connectivity index (χ4n) is 2.83. The first-order valence-corrected chi connectivity index (χ1v) is 11.1. The molecule has 0 aromatic carbocycles. The van der Waals surface area contributed by atoms with Gasteiger partial charge in [0.2, 0.25) is 0 Å². The summed E-state index contributed by atoms with van der Waals surface area (Å²) in [6.07, 6.45) is 12.3. The van der Waals surface area contributed by atoms with Crippen molar-refractivity contribution in [3.05, 3.63) is 21.9 Å². The standard InChI is InChI=1S/C19H30O4S2/c1-2-3-4-5-6-7-8-9-10-11-16-15(12-13-24-16)18(19(22)23)25-14-17(20)21/h12-13,18H,2-11,14H2,1H3,(H,20,21)(H,22,23). The molecule has 0 saturated heterocycles. The largest absolute Gasteiger partial charge is 0.481 e. The third-order valence-electron chi connectivity index (χ3n) is 4.17. The number of hydrogen-bond acceptors (Lipinski definition) is 4. The van der Waals surface area contributed by atoms with E-state index < -0.39 is 17.2 Å². The van der Waals surface area contributed by atoms with E-state index in [9.17, 15) is 14.7 Å². The van der Waals surface area contributed by atoms with Crippen molar-refractivity contribution in [1.29, 1.82) is 0 Å². The Hall–Kier alpha value is -1.01. The molecule has 25 heavy (non-hydrogen) atoms. The van der Waals surface area contributed by atoms with Gasteiger partial charge in [-0.1, -0.05) is 58.3 Å². The van der Waals surface area contributed by atoms with Gasteiger partial charge >= 0.3 is 11.9 Å². The minimum atomic E-state index is -0.980. The van der Waals surface area contributed by atoms with Gasteiger partial charge in [0, 0.05) is 4.88 Å². The molecule has 1 aromatic heterocycles. The van der Waals surface area contributed by atoms with Gasteiger partial charge in [-0.25, -0.2) is 0 Å². The van der Waals surface area contributed by atoms with Crippen LogP contribution in [-0.2, 0) is 16.0 Å². The number of unbranched alkanes of at least 4 members (excludes halogenated alkanes) is 8. The van der Waals surface area contributed by atoms with Gasteiger partial charge in [0.25, 0.3) is 0 Å². The summed E-state index contributed by atoms with van der Waals surface area (Å²) in [6.45, 7) is 2.23. The lowest BCUT2D eigenvalue weighted by Gasteiger charge is -2.12. The van der Waals surface area contributed by atoms with Gasteiger partial charge in [-0.05, 0) is 29.9 Å². The average molecular weight is 387 g/mol. The molecule has 2 N–H and O–H groups in total. The summed E-state index contributed by atoms with van der Waals surface area (Å²) in [7, 11) is 0. The van der Waals surface area contributed by atoms with Crippen LogP contribution in [0.2, 0.25) is 0 Å². The van der Waals surface area contributed by atoms with Gasteiger partial charge in [0.15, 0.2) is 0 Å². The number of thioether (sulfide) groups is 1. The summed E-state index contributed by atoms with van der Waals surface area (Å²) in [5, 5.41) is 19.3. The van der Waals surface area contributed by atoms with Gasteiger partial charge < -0.3 is 10.2 Å². The molecular formula is C19H30O4S2. The van der Waals surface area contributed by atoms with Crippen molar-refractivity contribution in [2.24, 2.45) is 0 Å². The topological polar surface area (TPSA) is 74.6 Å². The zero-order valence-electron chi connectivity index (χ0n) is 15.0. The van der Waals surface area contributed by atoms with Crippen LogP contribution in [0.3, 0.4) is 0 Å². The highest BCUT2D eigenvalue weighted by Gasteiger charge is 2.24. The Morgan fingerprint density at radius 2 is 1.64 bits per heavy atom. The first-order valence-electron chi connectivity index (χ1n) is 9.18. The smallest absolute Gasteiger partial charge is 0.321 e. The van der Waals surface area contributed by atoms with Crippen LogP contribution < -0.4 is 0 Å². The molecular weight excluding hydrogens is 356 g/mol. The fraction of sp³-hybridized carbons (Fsp3) is 0.684. The molecule has 0 aliphatic carbocycles. The third-order valence-corrected chi connectivity index (χ3v) is 6.37. The van der Waals surface area contributed by atoms with E-state index in [1.165, 1.54) is 51.4 Å². The van der Waals surface area contributed by atoms with Crippen LogP contribution in [0.1, 0.15) is 80.4 Å². The Kier molecular flexibility index (Phi) is 11.7. The summed E-state index contributed by atoms with van der Waals surface area (Å²) in [4.78, 5) is 23.3. The normalized spacial score (nSPS) is 12.2. The Morgan fingerprint density at radius 3 is 2.20 bits per heavy atom. The third kappa shape index (κ3) is 9.31. The van der Waals surface area contributed by atoms with E-state index in [4.69, 9.17) is 5.11 Å². The predicted octanol–water partition coefficient (Wildman–Crippen LogP) is 5.76. The lowest BCUT2D eigenvalue weighted by Crippen LogP contribution is -2.12. The molecule has 0 aliphatic rings. The Morgan fingerprint density at radius 1 is 1.04 bits per heavy atom. The van der Waals surface area contributed by atoms with Crippen LogP contribution in [0, 0.1) is 0 Å². The molecule has 0 aliphatic heterocycles. The zero-order chi connectivity index (χ0) is 18.5. The predicted molar refractivity (Wildman–Crippen MR) is 106 cm³/mol. The molecule has 142 valence electrons. The van der Waals surface area contributed by atoms with Crippen LogP contribution in [0.25, 0.3) is 0 Å². The summed E-state index contributed by atoms with van der Waals surface area (Å²) in [5.41, 5.74) is 0.781. The van der Waals surface area contributed by atoms with Crippen molar-refractivity contribution < 1.29 is 19.8 Å². The van der Waals surface area contributed by atoms with Crippen LogP contribution in [-0.4, -0.2) is 27.9 Å². The molecule has 1 unspecified atom stereocenters. The van der Waals surface area contributed by atoms with E-state index >= 15 is 0 Å². The molecule has 0 radical (unpaired) electrons. The summed E-state index contributed by atoms with van der Waals surface area (Å²) >= 11 is 2.56. The molecule has 0 amide bonds. The second-order valence-corrected chi connectivity index (χ2v) is 8.39. The molecule has 0 bridgehead atoms. The summed E-state index contributed by atoms with van der Waals surface area (Å²) in [6, 6.07) is 1.83. The van der Waals surface area contributed by atoms with Gasteiger partial charge in [0.1, 0.15) is 5.25 Å². The van der Waals surface area contributed by atoms with Crippen LogP contribution >= 0.6 is 23.1 Å². The fourth-order valence-corrected chi connectivity index (χ4v) is 4.72. The number of carboxylic acids is 2. The van der Waals surface area contributed by atoms with E-state index in [1.54, 1.807) is 11.3 Å². The molecule has 4 nitrogen and oxygen atoms in total. The number of aryl methyl sites for hydroxylation is 1.